The molecule has 0 unspecified atom stereocenters. The second-order valence-electron chi connectivity index (χ2n) is 3.29. The van der Waals surface area contributed by atoms with Crippen molar-refractivity contribution in [3.05, 3.63) is 36.2 Å². The van der Waals surface area contributed by atoms with Crippen molar-refractivity contribution in [2.75, 3.05) is 7.11 Å². The Morgan fingerprint density at radius 2 is 2.00 bits per heavy atom. The summed E-state index contributed by atoms with van der Waals surface area (Å²) in [6.45, 7) is 1.78. The monoisotopic (exact) mass is 229 g/mol. The Kier molecular flexibility index (Phi) is 3.33. The maximum absolute atomic E-state index is 5.04. The average molecular weight is 229 g/mol. The number of aliphatic imine (C=N–C) groups is 2. The van der Waals surface area contributed by atoms with Crippen LogP contribution in [0.15, 0.2) is 45.0 Å². The highest BCUT2D eigenvalue weighted by Gasteiger charge is 1.98. The predicted octanol–water partition coefficient (Wildman–Crippen LogP) is 3.13. The van der Waals surface area contributed by atoms with Gasteiger partial charge in [0.2, 0.25) is 0 Å². The molecule has 0 aliphatic rings. The van der Waals surface area contributed by atoms with Gasteiger partial charge in [-0.2, -0.15) is 9.98 Å². The Balaban J connectivity index is 2.14. The maximum Gasteiger partial charge on any atom is 0.160 e. The summed E-state index contributed by atoms with van der Waals surface area (Å²) in [7, 11) is 1.62. The lowest BCUT2D eigenvalue weighted by Crippen LogP contribution is -1.79. The number of benzene rings is 1. The smallest absolute Gasteiger partial charge is 0.160 e. The van der Waals surface area contributed by atoms with Crippen molar-refractivity contribution in [1.82, 2.24) is 5.16 Å². The lowest BCUT2D eigenvalue weighted by molar-refractivity contribution is 0.398. The highest BCUT2D eigenvalue weighted by molar-refractivity contribution is 5.58. The van der Waals surface area contributed by atoms with Gasteiger partial charge in [-0.3, -0.25) is 0 Å². The van der Waals surface area contributed by atoms with E-state index in [4.69, 9.17) is 9.26 Å². The van der Waals surface area contributed by atoms with Crippen molar-refractivity contribution in [3.8, 4) is 5.75 Å². The van der Waals surface area contributed by atoms with Gasteiger partial charge >= 0.3 is 0 Å². The van der Waals surface area contributed by atoms with E-state index in [1.165, 1.54) is 6.20 Å². The van der Waals surface area contributed by atoms with Crippen LogP contribution >= 0.6 is 0 Å². The minimum absolute atomic E-state index is 0.627. The molecule has 0 saturated carbocycles. The summed E-state index contributed by atoms with van der Waals surface area (Å²) >= 11 is 0. The van der Waals surface area contributed by atoms with Crippen LogP contribution in [0.1, 0.15) is 5.76 Å². The van der Waals surface area contributed by atoms with Crippen LogP contribution in [-0.4, -0.2) is 18.3 Å². The van der Waals surface area contributed by atoms with Crippen LogP contribution in [0.4, 0.5) is 11.4 Å². The van der Waals surface area contributed by atoms with Crippen LogP contribution in [0.3, 0.4) is 0 Å². The van der Waals surface area contributed by atoms with Crippen molar-refractivity contribution in [2.45, 2.75) is 6.92 Å². The number of aryl methyl sites for hydroxylation is 1. The third kappa shape index (κ3) is 2.80. The van der Waals surface area contributed by atoms with Gasteiger partial charge in [0.15, 0.2) is 5.76 Å². The van der Waals surface area contributed by atoms with Gasteiger partial charge in [0.05, 0.1) is 19.0 Å². The number of nitrogens with zero attached hydrogens (tertiary/aromatic N) is 3. The molecule has 5 heteroatoms. The fraction of sp³-hybridized carbons (Fsp3) is 0.167. The number of hydrogen-bond acceptors (Lipinski definition) is 5. The van der Waals surface area contributed by atoms with Crippen LogP contribution in [0.5, 0.6) is 5.75 Å². The molecular weight excluding hydrogens is 218 g/mol. The molecular formula is C12H11N3O2. The first-order valence-corrected chi connectivity index (χ1v) is 5.01. The SMILES string of the molecule is COc1ccc(N=C=Nc2cnoc2C)cc1. The van der Waals surface area contributed by atoms with E-state index in [1.807, 2.05) is 24.3 Å². The first-order valence-electron chi connectivity index (χ1n) is 5.01. The topological polar surface area (TPSA) is 60.0 Å². The van der Waals surface area contributed by atoms with Crippen LogP contribution < -0.4 is 4.74 Å². The summed E-state index contributed by atoms with van der Waals surface area (Å²) < 4.78 is 9.90. The molecule has 1 aromatic heterocycles. The van der Waals surface area contributed by atoms with Gasteiger partial charge in [0.1, 0.15) is 17.4 Å². The molecule has 0 fully saturated rings. The van der Waals surface area contributed by atoms with E-state index in [-0.39, 0.29) is 0 Å². The summed E-state index contributed by atoms with van der Waals surface area (Å²) in [6, 6.07) is 9.88. The zero-order valence-corrected chi connectivity index (χ0v) is 9.54. The molecule has 0 radical (unpaired) electrons. The Hall–Kier alpha value is -2.39. The van der Waals surface area contributed by atoms with Gasteiger partial charge in [-0.15, -0.1) is 0 Å². The molecule has 1 heterocycles. The molecule has 0 aliphatic heterocycles. The maximum atomic E-state index is 5.04. The molecule has 0 atom stereocenters. The van der Waals surface area contributed by atoms with Gasteiger partial charge in [0, 0.05) is 0 Å². The normalized spacial score (nSPS) is 9.53. The lowest BCUT2D eigenvalue weighted by atomic mass is 10.3. The van der Waals surface area contributed by atoms with Gasteiger partial charge in [-0.1, -0.05) is 5.16 Å². The molecule has 5 nitrogen and oxygen atoms in total. The molecule has 1 aromatic carbocycles. The fourth-order valence-corrected chi connectivity index (χ4v) is 1.19. The zero-order chi connectivity index (χ0) is 12.1. The molecule has 0 spiro atoms. The van der Waals surface area contributed by atoms with Crippen molar-refractivity contribution < 1.29 is 9.26 Å². The van der Waals surface area contributed by atoms with E-state index in [0.29, 0.717) is 11.4 Å². The third-order valence-electron chi connectivity index (χ3n) is 2.15. The Morgan fingerprint density at radius 1 is 1.24 bits per heavy atom. The first kappa shape index (κ1) is 11.1. The van der Waals surface area contributed by atoms with Gasteiger partial charge in [0.25, 0.3) is 0 Å². The number of ether oxygens (including phenoxy) is 1. The highest BCUT2D eigenvalue weighted by atomic mass is 16.5. The Morgan fingerprint density at radius 3 is 2.59 bits per heavy atom. The van der Waals surface area contributed by atoms with Gasteiger partial charge in [-0.25, -0.2) is 0 Å². The summed E-state index contributed by atoms with van der Waals surface area (Å²) in [6.07, 6.45) is 1.52. The van der Waals surface area contributed by atoms with Crippen LogP contribution in [0, 0.1) is 6.92 Å². The largest absolute Gasteiger partial charge is 0.497 e. The number of methoxy groups -OCH3 is 1. The first-order chi connectivity index (χ1) is 8.29. The minimum Gasteiger partial charge on any atom is -0.497 e. The van der Waals surface area contributed by atoms with E-state index >= 15 is 0 Å². The molecule has 0 saturated heterocycles. The van der Waals surface area contributed by atoms with E-state index < -0.39 is 0 Å². The van der Waals surface area contributed by atoms with Crippen LogP contribution in [-0.2, 0) is 0 Å². The number of aromatic nitrogens is 1. The molecule has 0 N–H and O–H groups in total. The molecule has 2 aromatic rings. The standard InChI is InChI=1S/C12H11N3O2/c1-9-12(7-15-17-9)14-8-13-10-3-5-11(16-2)6-4-10/h3-7H,1-2H3. The number of rotatable bonds is 3. The van der Waals surface area contributed by atoms with E-state index in [0.717, 1.165) is 11.4 Å². The predicted molar refractivity (Wildman–Crippen MR) is 63.4 cm³/mol. The quantitative estimate of drug-likeness (QED) is 0.759. The van der Waals surface area contributed by atoms with Crippen LogP contribution in [0.25, 0.3) is 0 Å². The summed E-state index contributed by atoms with van der Waals surface area (Å²) in [5.41, 5.74) is 1.38. The van der Waals surface area contributed by atoms with E-state index in [9.17, 15) is 0 Å². The lowest BCUT2D eigenvalue weighted by Gasteiger charge is -1.97. The molecule has 0 aliphatic carbocycles. The third-order valence-corrected chi connectivity index (χ3v) is 2.15. The van der Waals surface area contributed by atoms with Gasteiger partial charge < -0.3 is 9.26 Å². The second kappa shape index (κ2) is 5.09. The summed E-state index contributed by atoms with van der Waals surface area (Å²) in [4.78, 5) is 8.06. The minimum atomic E-state index is 0.627. The fourth-order valence-electron chi connectivity index (χ4n) is 1.19. The van der Waals surface area contributed by atoms with Crippen molar-refractivity contribution in [1.29, 1.82) is 0 Å². The molecule has 0 amide bonds. The molecule has 2 rings (SSSR count). The van der Waals surface area contributed by atoms with E-state index in [2.05, 4.69) is 21.1 Å². The zero-order valence-electron chi connectivity index (χ0n) is 9.54. The Bertz CT molecular complexity index is 551. The average Bonchev–Trinajstić information content (AvgIpc) is 2.76. The van der Waals surface area contributed by atoms with Gasteiger partial charge in [-0.05, 0) is 31.2 Å². The number of hydrogen-bond donors (Lipinski definition) is 0. The van der Waals surface area contributed by atoms with Crippen molar-refractivity contribution >= 4 is 17.4 Å². The summed E-state index contributed by atoms with van der Waals surface area (Å²) in [5.74, 6) is 1.43. The van der Waals surface area contributed by atoms with Crippen molar-refractivity contribution in [3.63, 3.8) is 0 Å². The molecule has 0 bridgehead atoms. The summed E-state index contributed by atoms with van der Waals surface area (Å²) in [5, 5.41) is 3.60. The van der Waals surface area contributed by atoms with Crippen LogP contribution in [0.2, 0.25) is 0 Å². The second-order valence-corrected chi connectivity index (χ2v) is 3.29. The van der Waals surface area contributed by atoms with E-state index in [1.54, 1.807) is 14.0 Å². The molecule has 17 heavy (non-hydrogen) atoms. The highest BCUT2D eigenvalue weighted by Crippen LogP contribution is 2.18. The molecule has 86 valence electrons. The Labute approximate surface area is 98.5 Å². The van der Waals surface area contributed by atoms with Crippen molar-refractivity contribution in [2.24, 2.45) is 9.98 Å².